The third-order valence-electron chi connectivity index (χ3n) is 2.31. The van der Waals surface area contributed by atoms with Crippen molar-refractivity contribution in [1.82, 2.24) is 10.3 Å². The largest absolute Gasteiger partial charge is 0.327 e. The number of nitrogens with two attached hydrogens (primary N) is 1. The van der Waals surface area contributed by atoms with Crippen LogP contribution in [0.3, 0.4) is 0 Å². The van der Waals surface area contributed by atoms with Crippen LogP contribution in [0.1, 0.15) is 30.8 Å². The number of nitrogens with zero attached hydrogens (tertiary/aromatic N) is 1. The maximum atomic E-state index is 5.98. The summed E-state index contributed by atoms with van der Waals surface area (Å²) in [5.41, 5.74) is 9.00. The normalized spacial score (nSPS) is 13.4. The molecule has 1 heterocycles. The second-order valence-electron chi connectivity index (χ2n) is 4.38. The van der Waals surface area contributed by atoms with E-state index in [1.54, 1.807) is 11.3 Å². The Balaban J connectivity index is 2.19. The van der Waals surface area contributed by atoms with Crippen LogP contribution in [-0.4, -0.2) is 17.6 Å². The van der Waals surface area contributed by atoms with Crippen LogP contribution in [-0.2, 0) is 6.54 Å². The maximum absolute atomic E-state index is 5.98. The first kappa shape index (κ1) is 12.6. The lowest BCUT2D eigenvalue weighted by atomic mass is 10.0. The van der Waals surface area contributed by atoms with Crippen LogP contribution in [0.25, 0.3) is 0 Å². The zero-order valence-corrected chi connectivity index (χ0v) is 10.6. The number of thiazole rings is 1. The van der Waals surface area contributed by atoms with Gasteiger partial charge in [-0.1, -0.05) is 13.8 Å². The molecule has 0 aliphatic carbocycles. The predicted molar refractivity (Wildman–Crippen MR) is 66.0 cm³/mol. The smallest absolute Gasteiger partial charge is 0.0798 e. The number of aromatic nitrogens is 1. The van der Waals surface area contributed by atoms with Crippen molar-refractivity contribution in [3.8, 4) is 0 Å². The van der Waals surface area contributed by atoms with Crippen LogP contribution in [0.15, 0.2) is 5.51 Å². The Bertz CT molecular complexity index is 283. The van der Waals surface area contributed by atoms with Gasteiger partial charge in [0.15, 0.2) is 0 Å². The van der Waals surface area contributed by atoms with Gasteiger partial charge in [-0.05, 0) is 19.3 Å². The minimum atomic E-state index is 0.262. The summed E-state index contributed by atoms with van der Waals surface area (Å²) in [5, 5.41) is 3.38. The Morgan fingerprint density at radius 3 is 2.80 bits per heavy atom. The van der Waals surface area contributed by atoms with Gasteiger partial charge < -0.3 is 11.1 Å². The molecule has 0 spiro atoms. The lowest BCUT2D eigenvalue weighted by Crippen LogP contribution is -2.34. The molecule has 1 aromatic heterocycles. The number of aryl methyl sites for hydroxylation is 1. The number of hydrogen-bond donors (Lipinski definition) is 2. The Kier molecular flexibility index (Phi) is 5.22. The van der Waals surface area contributed by atoms with E-state index in [-0.39, 0.29) is 6.04 Å². The Morgan fingerprint density at radius 2 is 2.27 bits per heavy atom. The van der Waals surface area contributed by atoms with Crippen LogP contribution in [0.4, 0.5) is 0 Å². The lowest BCUT2D eigenvalue weighted by Gasteiger charge is -2.14. The summed E-state index contributed by atoms with van der Waals surface area (Å²) < 4.78 is 0. The topological polar surface area (TPSA) is 50.9 Å². The molecule has 0 saturated carbocycles. The monoisotopic (exact) mass is 227 g/mol. The molecule has 0 saturated heterocycles. The molecule has 0 aliphatic rings. The van der Waals surface area contributed by atoms with Crippen molar-refractivity contribution in [1.29, 1.82) is 0 Å². The van der Waals surface area contributed by atoms with Crippen molar-refractivity contribution in [2.75, 3.05) is 6.54 Å². The fourth-order valence-corrected chi connectivity index (χ4v) is 2.30. The van der Waals surface area contributed by atoms with Gasteiger partial charge in [0, 0.05) is 24.0 Å². The van der Waals surface area contributed by atoms with Crippen molar-refractivity contribution in [2.45, 2.75) is 39.8 Å². The lowest BCUT2D eigenvalue weighted by molar-refractivity contribution is 0.468. The van der Waals surface area contributed by atoms with E-state index in [1.165, 1.54) is 4.88 Å². The molecule has 0 bridgehead atoms. The highest BCUT2D eigenvalue weighted by Gasteiger charge is 2.06. The Hall–Kier alpha value is -0.450. The van der Waals surface area contributed by atoms with Crippen LogP contribution in [0.2, 0.25) is 0 Å². The third kappa shape index (κ3) is 4.73. The maximum Gasteiger partial charge on any atom is 0.0798 e. The molecule has 4 heteroatoms. The highest BCUT2D eigenvalue weighted by molar-refractivity contribution is 7.09. The molecule has 0 aromatic carbocycles. The van der Waals surface area contributed by atoms with Crippen molar-refractivity contribution in [2.24, 2.45) is 11.7 Å². The second kappa shape index (κ2) is 6.20. The minimum absolute atomic E-state index is 0.262. The van der Waals surface area contributed by atoms with Crippen LogP contribution in [0.5, 0.6) is 0 Å². The summed E-state index contributed by atoms with van der Waals surface area (Å²) >= 11 is 1.70. The predicted octanol–water partition coefficient (Wildman–Crippen LogP) is 1.91. The quantitative estimate of drug-likeness (QED) is 0.780. The van der Waals surface area contributed by atoms with Crippen LogP contribution in [0, 0.1) is 12.8 Å². The van der Waals surface area contributed by atoms with E-state index in [9.17, 15) is 0 Å². The zero-order valence-electron chi connectivity index (χ0n) is 9.79. The van der Waals surface area contributed by atoms with Crippen LogP contribution >= 0.6 is 11.3 Å². The molecule has 1 rings (SSSR count). The first-order chi connectivity index (χ1) is 7.09. The number of nitrogens with one attached hydrogen (secondary N) is 1. The molecule has 0 radical (unpaired) electrons. The molecule has 0 aliphatic heterocycles. The average molecular weight is 227 g/mol. The fraction of sp³-hybridized carbons (Fsp3) is 0.727. The van der Waals surface area contributed by atoms with Gasteiger partial charge in [-0.3, -0.25) is 0 Å². The van der Waals surface area contributed by atoms with Gasteiger partial charge in [-0.25, -0.2) is 4.98 Å². The van der Waals surface area contributed by atoms with E-state index in [2.05, 4.69) is 24.1 Å². The zero-order chi connectivity index (χ0) is 11.3. The third-order valence-corrected chi connectivity index (χ3v) is 3.25. The van der Waals surface area contributed by atoms with E-state index in [0.29, 0.717) is 5.92 Å². The van der Waals surface area contributed by atoms with Crippen molar-refractivity contribution in [3.05, 3.63) is 16.1 Å². The minimum Gasteiger partial charge on any atom is -0.327 e. The van der Waals surface area contributed by atoms with Gasteiger partial charge in [0.2, 0.25) is 0 Å². The second-order valence-corrected chi connectivity index (χ2v) is 5.32. The Labute approximate surface area is 96.1 Å². The van der Waals surface area contributed by atoms with E-state index in [0.717, 1.165) is 25.2 Å². The van der Waals surface area contributed by atoms with E-state index >= 15 is 0 Å². The summed E-state index contributed by atoms with van der Waals surface area (Å²) in [6, 6.07) is 0.262. The van der Waals surface area contributed by atoms with E-state index in [4.69, 9.17) is 5.73 Å². The molecule has 1 unspecified atom stereocenters. The molecule has 86 valence electrons. The van der Waals surface area contributed by atoms with Gasteiger partial charge in [0.1, 0.15) is 0 Å². The standard InChI is InChI=1S/C11H21N3S/c1-8(2)4-10(12)5-13-6-11-9(3)14-7-15-11/h7-8,10,13H,4-6,12H2,1-3H3. The van der Waals surface area contributed by atoms with E-state index in [1.807, 2.05) is 12.4 Å². The summed E-state index contributed by atoms with van der Waals surface area (Å²) in [7, 11) is 0. The first-order valence-corrected chi connectivity index (χ1v) is 6.32. The van der Waals surface area contributed by atoms with E-state index < -0.39 is 0 Å². The van der Waals surface area contributed by atoms with Gasteiger partial charge in [0.25, 0.3) is 0 Å². The molecule has 3 nitrogen and oxygen atoms in total. The van der Waals surface area contributed by atoms with Crippen molar-refractivity contribution in [3.63, 3.8) is 0 Å². The van der Waals surface area contributed by atoms with Gasteiger partial charge in [-0.15, -0.1) is 11.3 Å². The highest BCUT2D eigenvalue weighted by Crippen LogP contribution is 2.11. The average Bonchev–Trinajstić information content (AvgIpc) is 2.50. The molecule has 1 atom stereocenters. The summed E-state index contributed by atoms with van der Waals surface area (Å²) in [4.78, 5) is 5.52. The highest BCUT2D eigenvalue weighted by atomic mass is 32.1. The van der Waals surface area contributed by atoms with Crippen LogP contribution < -0.4 is 11.1 Å². The molecule has 0 amide bonds. The molecule has 15 heavy (non-hydrogen) atoms. The van der Waals surface area contributed by atoms with Gasteiger partial charge in [-0.2, -0.15) is 0 Å². The fourth-order valence-electron chi connectivity index (χ4n) is 1.56. The molecule has 0 fully saturated rings. The first-order valence-electron chi connectivity index (χ1n) is 5.45. The summed E-state index contributed by atoms with van der Waals surface area (Å²) in [5.74, 6) is 0.673. The van der Waals surface area contributed by atoms with Gasteiger partial charge in [0.05, 0.1) is 11.2 Å². The summed E-state index contributed by atoms with van der Waals surface area (Å²) in [6.07, 6.45) is 1.08. The molecular weight excluding hydrogens is 206 g/mol. The summed E-state index contributed by atoms with van der Waals surface area (Å²) in [6.45, 7) is 8.22. The van der Waals surface area contributed by atoms with Gasteiger partial charge >= 0.3 is 0 Å². The molecule has 3 N–H and O–H groups in total. The SMILES string of the molecule is Cc1ncsc1CNCC(N)CC(C)C. The van der Waals surface area contributed by atoms with Crippen molar-refractivity contribution >= 4 is 11.3 Å². The Morgan fingerprint density at radius 1 is 1.53 bits per heavy atom. The molecular formula is C11H21N3S. The number of rotatable bonds is 6. The van der Waals surface area contributed by atoms with Crippen molar-refractivity contribution < 1.29 is 0 Å². The number of hydrogen-bond acceptors (Lipinski definition) is 4. The molecule has 1 aromatic rings.